The summed E-state index contributed by atoms with van der Waals surface area (Å²) in [6, 6.07) is 6.39. The Morgan fingerprint density at radius 2 is 2.05 bits per heavy atom. The second-order valence-electron chi connectivity index (χ2n) is 5.70. The van der Waals surface area contributed by atoms with Crippen molar-refractivity contribution in [2.24, 2.45) is 0 Å². The maximum Gasteiger partial charge on any atom is 0.239 e. The van der Waals surface area contributed by atoms with Crippen molar-refractivity contribution < 1.29 is 9.53 Å². The summed E-state index contributed by atoms with van der Waals surface area (Å²) in [6.07, 6.45) is 1.81. The first-order valence-corrected chi connectivity index (χ1v) is 7.45. The molecule has 2 rings (SSSR count). The van der Waals surface area contributed by atoms with Crippen LogP contribution in [0.25, 0.3) is 0 Å². The molecule has 1 aromatic carbocycles. The molecule has 5 nitrogen and oxygen atoms in total. The number of benzene rings is 1. The lowest BCUT2D eigenvalue weighted by Gasteiger charge is -2.23. The van der Waals surface area contributed by atoms with Crippen LogP contribution in [0.1, 0.15) is 18.4 Å². The van der Waals surface area contributed by atoms with Gasteiger partial charge in [-0.25, -0.2) is 0 Å². The summed E-state index contributed by atoms with van der Waals surface area (Å²) in [6.45, 7) is 3.86. The molecule has 0 spiro atoms. The van der Waals surface area contributed by atoms with Crippen LogP contribution in [0.5, 0.6) is 0 Å². The highest BCUT2D eigenvalue weighted by Gasteiger charge is 2.15. The number of hydrogen-bond donors (Lipinski definition) is 2. The molecule has 0 unspecified atom stereocenters. The van der Waals surface area contributed by atoms with E-state index >= 15 is 0 Å². The number of ether oxygens (including phenoxy) is 1. The standard InChI is InChI=1S/C16H25N3O2/c1-12-4-5-14(10-15(12)19(2)3)17-11-16(20)18-13-6-8-21-9-7-13/h4-5,10,13,17H,6-9,11H2,1-3H3,(H,18,20). The molecule has 1 fully saturated rings. The quantitative estimate of drug-likeness (QED) is 0.868. The molecule has 0 aromatic heterocycles. The van der Waals surface area contributed by atoms with Crippen molar-refractivity contribution in [2.45, 2.75) is 25.8 Å². The fourth-order valence-electron chi connectivity index (χ4n) is 2.50. The molecule has 0 radical (unpaired) electrons. The lowest BCUT2D eigenvalue weighted by Crippen LogP contribution is -2.41. The molecule has 0 atom stereocenters. The molecule has 0 bridgehead atoms. The third-order valence-corrected chi connectivity index (χ3v) is 3.73. The first-order chi connectivity index (χ1) is 10.1. The molecule has 116 valence electrons. The van der Waals surface area contributed by atoms with Gasteiger partial charge in [0.1, 0.15) is 0 Å². The number of nitrogens with zero attached hydrogens (tertiary/aromatic N) is 1. The van der Waals surface area contributed by atoms with Crippen LogP contribution in [0.3, 0.4) is 0 Å². The van der Waals surface area contributed by atoms with Gasteiger partial charge < -0.3 is 20.3 Å². The highest BCUT2D eigenvalue weighted by Crippen LogP contribution is 2.22. The summed E-state index contributed by atoms with van der Waals surface area (Å²) in [5, 5.41) is 6.23. The summed E-state index contributed by atoms with van der Waals surface area (Å²) in [4.78, 5) is 14.0. The number of hydrogen-bond acceptors (Lipinski definition) is 4. The van der Waals surface area contributed by atoms with Gasteiger partial charge in [0.15, 0.2) is 0 Å². The molecule has 1 aliphatic heterocycles. The van der Waals surface area contributed by atoms with E-state index in [0.717, 1.165) is 37.4 Å². The third kappa shape index (κ3) is 4.63. The van der Waals surface area contributed by atoms with E-state index in [2.05, 4.69) is 34.6 Å². The summed E-state index contributed by atoms with van der Waals surface area (Å²) >= 11 is 0. The van der Waals surface area contributed by atoms with Crippen molar-refractivity contribution in [3.63, 3.8) is 0 Å². The Labute approximate surface area is 126 Å². The minimum absolute atomic E-state index is 0.0360. The second-order valence-corrected chi connectivity index (χ2v) is 5.70. The van der Waals surface area contributed by atoms with Crippen LogP contribution in [-0.4, -0.2) is 45.8 Å². The van der Waals surface area contributed by atoms with E-state index < -0.39 is 0 Å². The molecule has 2 N–H and O–H groups in total. The number of rotatable bonds is 5. The van der Waals surface area contributed by atoms with E-state index in [1.54, 1.807) is 0 Å². The molecule has 1 aromatic rings. The molecular weight excluding hydrogens is 266 g/mol. The van der Waals surface area contributed by atoms with E-state index in [4.69, 9.17) is 4.74 Å². The first kappa shape index (κ1) is 15.6. The number of anilines is 2. The van der Waals surface area contributed by atoms with Crippen LogP contribution in [-0.2, 0) is 9.53 Å². The van der Waals surface area contributed by atoms with Crippen LogP contribution < -0.4 is 15.5 Å². The van der Waals surface area contributed by atoms with E-state index in [9.17, 15) is 4.79 Å². The van der Waals surface area contributed by atoms with Crippen molar-refractivity contribution in [3.05, 3.63) is 23.8 Å². The van der Waals surface area contributed by atoms with E-state index in [1.807, 2.05) is 20.2 Å². The average Bonchev–Trinajstić information content (AvgIpc) is 2.47. The molecule has 21 heavy (non-hydrogen) atoms. The van der Waals surface area contributed by atoms with Crippen LogP contribution in [0.4, 0.5) is 11.4 Å². The lowest BCUT2D eigenvalue weighted by molar-refractivity contribution is -0.120. The molecule has 0 saturated carbocycles. The predicted octanol–water partition coefficient (Wildman–Crippen LogP) is 1.77. The molecule has 1 amide bonds. The van der Waals surface area contributed by atoms with Crippen LogP contribution in [0.15, 0.2) is 18.2 Å². The molecule has 5 heteroatoms. The Hall–Kier alpha value is -1.75. The fourth-order valence-corrected chi connectivity index (χ4v) is 2.50. The van der Waals surface area contributed by atoms with Gasteiger partial charge in [0.25, 0.3) is 0 Å². The van der Waals surface area contributed by atoms with Gasteiger partial charge >= 0.3 is 0 Å². The van der Waals surface area contributed by atoms with Crippen molar-refractivity contribution in [2.75, 3.05) is 44.1 Å². The smallest absolute Gasteiger partial charge is 0.239 e. The number of nitrogens with one attached hydrogen (secondary N) is 2. The van der Waals surface area contributed by atoms with Crippen LogP contribution >= 0.6 is 0 Å². The third-order valence-electron chi connectivity index (χ3n) is 3.73. The van der Waals surface area contributed by atoms with Gasteiger partial charge in [0, 0.05) is 44.7 Å². The summed E-state index contributed by atoms with van der Waals surface area (Å²) in [5.41, 5.74) is 3.34. The van der Waals surface area contributed by atoms with Gasteiger partial charge in [-0.1, -0.05) is 6.07 Å². The zero-order valence-electron chi connectivity index (χ0n) is 13.1. The Balaban J connectivity index is 1.84. The second kappa shape index (κ2) is 7.31. The van der Waals surface area contributed by atoms with Crippen molar-refractivity contribution in [1.82, 2.24) is 5.32 Å². The highest BCUT2D eigenvalue weighted by atomic mass is 16.5. The van der Waals surface area contributed by atoms with E-state index in [1.165, 1.54) is 5.56 Å². The molecular formula is C16H25N3O2. The van der Waals surface area contributed by atoms with Gasteiger partial charge in [-0.2, -0.15) is 0 Å². The summed E-state index contributed by atoms with van der Waals surface area (Å²) < 4.78 is 5.29. The van der Waals surface area contributed by atoms with Gasteiger partial charge in [-0.05, 0) is 37.5 Å². The van der Waals surface area contributed by atoms with Gasteiger partial charge in [0.05, 0.1) is 6.54 Å². The monoisotopic (exact) mass is 291 g/mol. The minimum Gasteiger partial charge on any atom is -0.381 e. The zero-order valence-corrected chi connectivity index (χ0v) is 13.1. The van der Waals surface area contributed by atoms with Crippen LogP contribution in [0, 0.1) is 6.92 Å². The zero-order chi connectivity index (χ0) is 15.2. The van der Waals surface area contributed by atoms with Gasteiger partial charge in [-0.3, -0.25) is 4.79 Å². The van der Waals surface area contributed by atoms with Crippen LogP contribution in [0.2, 0.25) is 0 Å². The topological polar surface area (TPSA) is 53.6 Å². The first-order valence-electron chi connectivity index (χ1n) is 7.45. The SMILES string of the molecule is Cc1ccc(NCC(=O)NC2CCOCC2)cc1N(C)C. The summed E-state index contributed by atoms with van der Waals surface area (Å²) in [5.74, 6) is 0.0360. The Bertz CT molecular complexity index is 482. The largest absolute Gasteiger partial charge is 0.381 e. The van der Waals surface area contributed by atoms with Gasteiger partial charge in [0.2, 0.25) is 5.91 Å². The van der Waals surface area contributed by atoms with Crippen molar-refractivity contribution >= 4 is 17.3 Å². The maximum atomic E-state index is 11.9. The molecule has 0 aliphatic carbocycles. The number of aryl methyl sites for hydroxylation is 1. The Kier molecular flexibility index (Phi) is 5.44. The average molecular weight is 291 g/mol. The number of carbonyl (C=O) groups excluding carboxylic acids is 1. The van der Waals surface area contributed by atoms with Crippen molar-refractivity contribution in [3.8, 4) is 0 Å². The highest BCUT2D eigenvalue weighted by molar-refractivity contribution is 5.81. The predicted molar refractivity (Wildman–Crippen MR) is 86.0 cm³/mol. The van der Waals surface area contributed by atoms with E-state index in [0.29, 0.717) is 6.54 Å². The molecule has 1 aliphatic rings. The Morgan fingerprint density at radius 1 is 1.33 bits per heavy atom. The van der Waals surface area contributed by atoms with Gasteiger partial charge in [-0.15, -0.1) is 0 Å². The normalized spacial score (nSPS) is 15.6. The molecule has 1 saturated heterocycles. The summed E-state index contributed by atoms with van der Waals surface area (Å²) in [7, 11) is 4.04. The van der Waals surface area contributed by atoms with Crippen molar-refractivity contribution in [1.29, 1.82) is 0 Å². The number of carbonyl (C=O) groups is 1. The lowest BCUT2D eigenvalue weighted by atomic mass is 10.1. The maximum absolute atomic E-state index is 11.9. The fraction of sp³-hybridized carbons (Fsp3) is 0.562. The van der Waals surface area contributed by atoms with E-state index in [-0.39, 0.29) is 11.9 Å². The Morgan fingerprint density at radius 3 is 2.71 bits per heavy atom. The number of amides is 1. The minimum atomic E-state index is 0.0360. The molecule has 1 heterocycles.